The first-order valence-electron chi connectivity index (χ1n) is 6.67. The molecular formula is C15H17N3O5. The number of rotatable bonds is 6. The molecule has 0 radical (unpaired) electrons. The molecule has 1 aromatic heterocycles. The number of nitrogens with zero attached hydrogens (tertiary/aromatic N) is 3. The molecule has 0 bridgehead atoms. The Morgan fingerprint density at radius 2 is 1.65 bits per heavy atom. The summed E-state index contributed by atoms with van der Waals surface area (Å²) in [6.07, 6.45) is 0. The van der Waals surface area contributed by atoms with E-state index < -0.39 is 5.97 Å². The summed E-state index contributed by atoms with van der Waals surface area (Å²) in [5, 5.41) is 1.30. The predicted molar refractivity (Wildman–Crippen MR) is 80.8 cm³/mol. The Kier molecular flexibility index (Phi) is 5.32. The molecule has 0 aliphatic rings. The molecule has 0 fully saturated rings. The van der Waals surface area contributed by atoms with E-state index in [0.29, 0.717) is 0 Å². The number of aromatic nitrogens is 2. The number of hydrogen-bond donors (Lipinski definition) is 0. The van der Waals surface area contributed by atoms with Crippen molar-refractivity contribution in [2.24, 2.45) is 0 Å². The number of para-hydroxylation sites is 1. The Morgan fingerprint density at radius 1 is 1.04 bits per heavy atom. The molecule has 23 heavy (non-hydrogen) atoms. The fourth-order valence-corrected chi connectivity index (χ4v) is 1.68. The number of hydroxylamine groups is 2. The third kappa shape index (κ3) is 4.30. The second-order valence-electron chi connectivity index (χ2n) is 4.52. The van der Waals surface area contributed by atoms with Crippen molar-refractivity contribution in [1.82, 2.24) is 15.0 Å². The van der Waals surface area contributed by atoms with Gasteiger partial charge in [0, 0.05) is 14.1 Å². The molecule has 8 nitrogen and oxygen atoms in total. The van der Waals surface area contributed by atoms with Crippen molar-refractivity contribution >= 4 is 5.97 Å². The lowest BCUT2D eigenvalue weighted by Gasteiger charge is -2.13. The average Bonchev–Trinajstić information content (AvgIpc) is 2.54. The minimum atomic E-state index is -0.555. The van der Waals surface area contributed by atoms with Crippen LogP contribution in [0, 0.1) is 0 Å². The third-order valence-electron chi connectivity index (χ3n) is 2.65. The Bertz CT molecular complexity index is 668. The van der Waals surface area contributed by atoms with Crippen molar-refractivity contribution in [3.8, 4) is 23.5 Å². The lowest BCUT2D eigenvalue weighted by Crippen LogP contribution is -2.19. The summed E-state index contributed by atoms with van der Waals surface area (Å²) in [4.78, 5) is 25.2. The number of ether oxygens (including phenoxy) is 3. The normalized spacial score (nSPS) is 10.3. The maximum atomic E-state index is 12.1. The van der Waals surface area contributed by atoms with Gasteiger partial charge in [-0.2, -0.15) is 9.97 Å². The highest BCUT2D eigenvalue weighted by molar-refractivity contribution is 5.92. The number of hydrogen-bond acceptors (Lipinski definition) is 8. The Hall–Kier alpha value is -2.87. The lowest BCUT2D eigenvalue weighted by atomic mass is 10.2. The van der Waals surface area contributed by atoms with Crippen LogP contribution in [-0.4, -0.2) is 49.3 Å². The van der Waals surface area contributed by atoms with E-state index in [4.69, 9.17) is 19.0 Å². The van der Waals surface area contributed by atoms with Gasteiger partial charge in [-0.15, -0.1) is 5.06 Å². The van der Waals surface area contributed by atoms with Crippen LogP contribution in [0.15, 0.2) is 30.3 Å². The summed E-state index contributed by atoms with van der Waals surface area (Å²) < 4.78 is 15.7. The quantitative estimate of drug-likeness (QED) is 0.747. The van der Waals surface area contributed by atoms with E-state index >= 15 is 0 Å². The van der Waals surface area contributed by atoms with Crippen LogP contribution in [0.3, 0.4) is 0 Å². The highest BCUT2D eigenvalue weighted by atomic mass is 16.7. The zero-order chi connectivity index (χ0) is 16.8. The van der Waals surface area contributed by atoms with Gasteiger partial charge < -0.3 is 19.0 Å². The highest BCUT2D eigenvalue weighted by Gasteiger charge is 2.17. The van der Waals surface area contributed by atoms with Gasteiger partial charge in [-0.25, -0.2) is 4.79 Å². The number of methoxy groups -OCH3 is 2. The molecule has 0 atom stereocenters. The van der Waals surface area contributed by atoms with Crippen molar-refractivity contribution in [1.29, 1.82) is 0 Å². The van der Waals surface area contributed by atoms with Crippen molar-refractivity contribution in [2.45, 2.75) is 0 Å². The molecule has 122 valence electrons. The monoisotopic (exact) mass is 319 g/mol. The van der Waals surface area contributed by atoms with E-state index in [9.17, 15) is 4.79 Å². The summed E-state index contributed by atoms with van der Waals surface area (Å²) in [7, 11) is 6.15. The number of benzene rings is 1. The van der Waals surface area contributed by atoms with Crippen LogP contribution in [0.25, 0.3) is 0 Å². The molecule has 1 heterocycles. The largest absolute Gasteiger partial charge is 0.481 e. The standard InChI is InChI=1S/C15H17N3O5/c1-18(2)23-14(19)10-7-5-6-8-11(10)22-15-16-12(20-3)9-13(17-15)21-4/h5-9H,1-4H3. The zero-order valence-electron chi connectivity index (χ0n) is 13.3. The van der Waals surface area contributed by atoms with E-state index in [1.807, 2.05) is 0 Å². The fourth-order valence-electron chi connectivity index (χ4n) is 1.68. The molecule has 1 aromatic carbocycles. The van der Waals surface area contributed by atoms with Crippen molar-refractivity contribution in [3.63, 3.8) is 0 Å². The van der Waals surface area contributed by atoms with Gasteiger partial charge >= 0.3 is 12.0 Å². The van der Waals surface area contributed by atoms with Gasteiger partial charge in [-0.05, 0) is 12.1 Å². The van der Waals surface area contributed by atoms with Gasteiger partial charge in [0.25, 0.3) is 0 Å². The van der Waals surface area contributed by atoms with Crippen molar-refractivity contribution < 1.29 is 23.8 Å². The van der Waals surface area contributed by atoms with Crippen LogP contribution >= 0.6 is 0 Å². The van der Waals surface area contributed by atoms with Gasteiger partial charge in [-0.3, -0.25) is 0 Å². The van der Waals surface area contributed by atoms with Gasteiger partial charge in [0.1, 0.15) is 11.3 Å². The highest BCUT2D eigenvalue weighted by Crippen LogP contribution is 2.26. The van der Waals surface area contributed by atoms with Gasteiger partial charge in [0.05, 0.1) is 20.3 Å². The van der Waals surface area contributed by atoms with Gasteiger partial charge in [0.15, 0.2) is 0 Å². The molecule has 0 aliphatic carbocycles. The van der Waals surface area contributed by atoms with Crippen LogP contribution in [0.4, 0.5) is 0 Å². The van der Waals surface area contributed by atoms with Gasteiger partial charge in [0.2, 0.25) is 11.8 Å². The molecule has 0 saturated heterocycles. The van der Waals surface area contributed by atoms with Crippen LogP contribution in [0.2, 0.25) is 0 Å². The summed E-state index contributed by atoms with van der Waals surface area (Å²) in [6, 6.07) is 8.12. The van der Waals surface area contributed by atoms with E-state index in [-0.39, 0.29) is 29.1 Å². The lowest BCUT2D eigenvalue weighted by molar-refractivity contribution is -0.0715. The van der Waals surface area contributed by atoms with E-state index in [1.54, 1.807) is 38.4 Å². The minimum absolute atomic E-state index is 0.00805. The summed E-state index contributed by atoms with van der Waals surface area (Å²) >= 11 is 0. The molecular weight excluding hydrogens is 302 g/mol. The summed E-state index contributed by atoms with van der Waals surface area (Å²) in [5.74, 6) is 0.260. The average molecular weight is 319 g/mol. The van der Waals surface area contributed by atoms with Crippen molar-refractivity contribution in [3.05, 3.63) is 35.9 Å². The SMILES string of the molecule is COc1cc(OC)nc(Oc2ccccc2C(=O)ON(C)C)n1. The molecule has 0 N–H and O–H groups in total. The molecule has 8 heteroatoms. The maximum absolute atomic E-state index is 12.1. The zero-order valence-corrected chi connectivity index (χ0v) is 13.3. The number of carbonyl (C=O) groups excluding carboxylic acids is 1. The molecule has 0 unspecified atom stereocenters. The number of carbonyl (C=O) groups is 1. The molecule has 0 aliphatic heterocycles. The molecule has 2 rings (SSSR count). The predicted octanol–water partition coefficient (Wildman–Crippen LogP) is 1.92. The van der Waals surface area contributed by atoms with Crippen molar-refractivity contribution in [2.75, 3.05) is 28.3 Å². The first-order valence-corrected chi connectivity index (χ1v) is 6.67. The van der Waals surface area contributed by atoms with Crippen LogP contribution in [-0.2, 0) is 4.84 Å². The first kappa shape index (κ1) is 16.5. The maximum Gasteiger partial charge on any atom is 0.360 e. The minimum Gasteiger partial charge on any atom is -0.481 e. The topological polar surface area (TPSA) is 83.0 Å². The van der Waals surface area contributed by atoms with E-state index in [0.717, 1.165) is 0 Å². The van der Waals surface area contributed by atoms with Gasteiger partial charge in [-0.1, -0.05) is 12.1 Å². The Labute approximate surface area is 133 Å². The van der Waals surface area contributed by atoms with E-state index in [1.165, 1.54) is 25.3 Å². The Balaban J connectivity index is 2.32. The smallest absolute Gasteiger partial charge is 0.360 e. The van der Waals surface area contributed by atoms with Crippen LogP contribution in [0.5, 0.6) is 23.5 Å². The molecule has 0 spiro atoms. The van der Waals surface area contributed by atoms with E-state index in [2.05, 4.69) is 9.97 Å². The van der Waals surface area contributed by atoms with Crippen LogP contribution in [0.1, 0.15) is 10.4 Å². The first-order chi connectivity index (χ1) is 11.0. The molecule has 0 amide bonds. The van der Waals surface area contributed by atoms with Crippen LogP contribution < -0.4 is 14.2 Å². The second-order valence-corrected chi connectivity index (χ2v) is 4.52. The Morgan fingerprint density at radius 3 is 2.22 bits per heavy atom. The second kappa shape index (κ2) is 7.41. The summed E-state index contributed by atoms with van der Waals surface area (Å²) in [6.45, 7) is 0. The molecule has 0 saturated carbocycles. The third-order valence-corrected chi connectivity index (χ3v) is 2.65. The summed E-state index contributed by atoms with van der Waals surface area (Å²) in [5.41, 5.74) is 0.242. The molecule has 2 aromatic rings. The fraction of sp³-hybridized carbons (Fsp3) is 0.267.